The fraction of sp³-hybridized carbons (Fsp3) is 0.625. The Morgan fingerprint density at radius 2 is 2.05 bits per heavy atom. The molecule has 4 nitrogen and oxygen atoms in total. The van der Waals surface area contributed by atoms with E-state index in [0.717, 1.165) is 15.8 Å². The van der Waals surface area contributed by atoms with Gasteiger partial charge in [0.05, 0.1) is 13.2 Å². The van der Waals surface area contributed by atoms with Crippen LogP contribution in [0.25, 0.3) is 0 Å². The molecule has 1 saturated heterocycles. The Morgan fingerprint density at radius 3 is 2.62 bits per heavy atom. The van der Waals surface area contributed by atoms with Crippen LogP contribution in [0.15, 0.2) is 22.7 Å². The summed E-state index contributed by atoms with van der Waals surface area (Å²) in [6, 6.07) is 7.17. The third kappa shape index (κ3) is 3.97. The number of nitrogens with two attached hydrogens (primary N) is 1. The van der Waals surface area contributed by atoms with Crippen LogP contribution in [0.1, 0.15) is 44.7 Å². The van der Waals surface area contributed by atoms with Crippen molar-refractivity contribution in [3.63, 3.8) is 0 Å². The number of rotatable bonds is 5. The average Bonchev–Trinajstić information content (AvgIpc) is 2.47. The standard InChI is InChI=1S/C16H26BrN3O/c1-11-5-4-6-12(2)20(11)19-15(10-18)14-9-13(17)7-8-16(14)21-3/h7-9,11-12,15,19H,4-6,10,18H2,1-3H3. The molecule has 0 aromatic heterocycles. The smallest absolute Gasteiger partial charge is 0.123 e. The largest absolute Gasteiger partial charge is 0.496 e. The van der Waals surface area contributed by atoms with E-state index in [2.05, 4.69) is 46.3 Å². The number of nitrogens with one attached hydrogen (secondary N) is 1. The topological polar surface area (TPSA) is 50.5 Å². The molecule has 1 heterocycles. The van der Waals surface area contributed by atoms with Gasteiger partial charge in [0, 0.05) is 28.7 Å². The van der Waals surface area contributed by atoms with E-state index in [1.165, 1.54) is 19.3 Å². The van der Waals surface area contributed by atoms with Crippen molar-refractivity contribution in [2.75, 3.05) is 13.7 Å². The lowest BCUT2D eigenvalue weighted by Gasteiger charge is -2.41. The summed E-state index contributed by atoms with van der Waals surface area (Å²) in [5.74, 6) is 0.874. The quantitative estimate of drug-likeness (QED) is 0.851. The Kier molecular flexibility index (Phi) is 6.05. The van der Waals surface area contributed by atoms with Gasteiger partial charge < -0.3 is 10.5 Å². The number of nitrogens with zero attached hydrogens (tertiary/aromatic N) is 1. The van der Waals surface area contributed by atoms with E-state index < -0.39 is 0 Å². The van der Waals surface area contributed by atoms with Crippen LogP contribution >= 0.6 is 15.9 Å². The molecule has 2 rings (SSSR count). The molecule has 5 heteroatoms. The number of hydrogen-bond donors (Lipinski definition) is 2. The number of piperidine rings is 1. The molecule has 0 bridgehead atoms. The molecule has 0 spiro atoms. The second-order valence-electron chi connectivity index (χ2n) is 5.84. The lowest BCUT2D eigenvalue weighted by Crippen LogP contribution is -2.54. The summed E-state index contributed by atoms with van der Waals surface area (Å²) in [5, 5.41) is 2.36. The fourth-order valence-electron chi connectivity index (χ4n) is 3.08. The van der Waals surface area contributed by atoms with Crippen molar-refractivity contribution >= 4 is 15.9 Å². The minimum absolute atomic E-state index is 0.0560. The summed E-state index contributed by atoms with van der Waals surface area (Å²) in [5.41, 5.74) is 10.8. The van der Waals surface area contributed by atoms with Crippen LogP contribution < -0.4 is 15.9 Å². The Hall–Kier alpha value is -0.620. The highest BCUT2D eigenvalue weighted by atomic mass is 79.9. The Morgan fingerprint density at radius 1 is 1.38 bits per heavy atom. The van der Waals surface area contributed by atoms with E-state index in [0.29, 0.717) is 18.6 Å². The maximum atomic E-state index is 6.03. The van der Waals surface area contributed by atoms with E-state index in [4.69, 9.17) is 10.5 Å². The second kappa shape index (κ2) is 7.58. The van der Waals surface area contributed by atoms with Gasteiger partial charge in [0.1, 0.15) is 5.75 Å². The minimum atomic E-state index is 0.0560. The first kappa shape index (κ1) is 16.7. The van der Waals surface area contributed by atoms with Gasteiger partial charge >= 0.3 is 0 Å². The van der Waals surface area contributed by atoms with Crippen molar-refractivity contribution in [2.45, 2.75) is 51.2 Å². The molecule has 0 aliphatic carbocycles. The third-order valence-corrected chi connectivity index (χ3v) is 4.79. The molecular weight excluding hydrogens is 330 g/mol. The van der Waals surface area contributed by atoms with Crippen molar-refractivity contribution in [3.05, 3.63) is 28.2 Å². The molecule has 1 aromatic rings. The minimum Gasteiger partial charge on any atom is -0.496 e. The second-order valence-corrected chi connectivity index (χ2v) is 6.76. The molecule has 3 unspecified atom stereocenters. The number of hydrogen-bond acceptors (Lipinski definition) is 4. The van der Waals surface area contributed by atoms with E-state index in [-0.39, 0.29) is 6.04 Å². The van der Waals surface area contributed by atoms with E-state index in [1.54, 1.807) is 7.11 Å². The molecule has 0 amide bonds. The average molecular weight is 356 g/mol. The number of halogens is 1. The zero-order valence-electron chi connectivity index (χ0n) is 13.1. The molecule has 21 heavy (non-hydrogen) atoms. The van der Waals surface area contributed by atoms with Crippen molar-refractivity contribution in [1.29, 1.82) is 0 Å². The summed E-state index contributed by atoms with van der Waals surface area (Å²) in [6.07, 6.45) is 3.75. The zero-order valence-corrected chi connectivity index (χ0v) is 14.7. The van der Waals surface area contributed by atoms with Crippen molar-refractivity contribution in [3.8, 4) is 5.75 Å². The Bertz CT molecular complexity index is 459. The number of benzene rings is 1. The summed E-state index contributed by atoms with van der Waals surface area (Å²) in [4.78, 5) is 0. The third-order valence-electron chi connectivity index (χ3n) is 4.30. The van der Waals surface area contributed by atoms with Gasteiger partial charge in [-0.05, 0) is 44.9 Å². The van der Waals surface area contributed by atoms with Gasteiger partial charge in [-0.1, -0.05) is 22.4 Å². The molecule has 3 atom stereocenters. The normalized spacial score (nSPS) is 24.8. The van der Waals surface area contributed by atoms with Crippen molar-refractivity contribution in [2.24, 2.45) is 5.73 Å². The van der Waals surface area contributed by atoms with Crippen LogP contribution in [0.2, 0.25) is 0 Å². The number of methoxy groups -OCH3 is 1. The van der Waals surface area contributed by atoms with Gasteiger partial charge in [0.2, 0.25) is 0 Å². The first-order valence-electron chi connectivity index (χ1n) is 7.64. The van der Waals surface area contributed by atoms with Gasteiger partial charge in [-0.2, -0.15) is 0 Å². The first-order chi connectivity index (χ1) is 10.1. The van der Waals surface area contributed by atoms with Crippen LogP contribution in [-0.4, -0.2) is 30.7 Å². The maximum Gasteiger partial charge on any atom is 0.123 e. The zero-order chi connectivity index (χ0) is 15.4. The highest BCUT2D eigenvalue weighted by Gasteiger charge is 2.27. The molecule has 0 radical (unpaired) electrons. The molecule has 118 valence electrons. The highest BCUT2D eigenvalue weighted by molar-refractivity contribution is 9.10. The summed E-state index contributed by atoms with van der Waals surface area (Å²) < 4.78 is 6.53. The van der Waals surface area contributed by atoms with Crippen LogP contribution in [-0.2, 0) is 0 Å². The molecule has 3 N–H and O–H groups in total. The van der Waals surface area contributed by atoms with Crippen LogP contribution in [0, 0.1) is 0 Å². The first-order valence-corrected chi connectivity index (χ1v) is 8.44. The van der Waals surface area contributed by atoms with Gasteiger partial charge in [0.25, 0.3) is 0 Å². The number of hydrazine groups is 1. The van der Waals surface area contributed by atoms with E-state index in [1.807, 2.05) is 12.1 Å². The molecule has 1 aromatic carbocycles. The summed E-state index contributed by atoms with van der Waals surface area (Å²) in [6.45, 7) is 5.07. The SMILES string of the molecule is COc1ccc(Br)cc1C(CN)NN1C(C)CCCC1C. The van der Waals surface area contributed by atoms with Gasteiger partial charge in [0.15, 0.2) is 0 Å². The summed E-state index contributed by atoms with van der Waals surface area (Å²) in [7, 11) is 1.70. The number of ether oxygens (including phenoxy) is 1. The molecular formula is C16H26BrN3O. The van der Waals surface area contributed by atoms with Crippen LogP contribution in [0.5, 0.6) is 5.75 Å². The maximum absolute atomic E-state index is 6.03. The van der Waals surface area contributed by atoms with Gasteiger partial charge in [-0.15, -0.1) is 0 Å². The van der Waals surface area contributed by atoms with Crippen molar-refractivity contribution < 1.29 is 4.74 Å². The van der Waals surface area contributed by atoms with Crippen LogP contribution in [0.3, 0.4) is 0 Å². The van der Waals surface area contributed by atoms with Gasteiger partial charge in [-0.25, -0.2) is 10.4 Å². The highest BCUT2D eigenvalue weighted by Crippen LogP contribution is 2.30. The molecule has 1 aliphatic heterocycles. The molecule has 1 fully saturated rings. The molecule has 0 saturated carbocycles. The van der Waals surface area contributed by atoms with Crippen molar-refractivity contribution in [1.82, 2.24) is 10.4 Å². The monoisotopic (exact) mass is 355 g/mol. The summed E-state index contributed by atoms with van der Waals surface area (Å²) >= 11 is 3.53. The Balaban J connectivity index is 2.21. The van der Waals surface area contributed by atoms with Gasteiger partial charge in [-0.3, -0.25) is 0 Å². The van der Waals surface area contributed by atoms with E-state index in [9.17, 15) is 0 Å². The Labute approximate surface area is 136 Å². The predicted octanol–water partition coefficient (Wildman–Crippen LogP) is 3.23. The molecule has 1 aliphatic rings. The lowest BCUT2D eigenvalue weighted by molar-refractivity contribution is 0.0301. The lowest BCUT2D eigenvalue weighted by atomic mass is 9.99. The predicted molar refractivity (Wildman–Crippen MR) is 90.2 cm³/mol. The van der Waals surface area contributed by atoms with E-state index >= 15 is 0 Å². The fourth-order valence-corrected chi connectivity index (χ4v) is 3.46. The van der Waals surface area contributed by atoms with Crippen LogP contribution in [0.4, 0.5) is 0 Å².